The van der Waals surface area contributed by atoms with Gasteiger partial charge in [-0.3, -0.25) is 0 Å². The average Bonchev–Trinajstić information content (AvgIpc) is 2.89. The molecular weight excluding hydrogens is 503 g/mol. The maximum Gasteiger partial charge on any atom is 0.432 e. The zero-order chi connectivity index (χ0) is 27.6. The zero-order valence-corrected chi connectivity index (χ0v) is 21.6. The SMILES string of the molecule is CCOC(=O)NCCOc1ccc(C[C@@H]2CCCC[C@@H]2OC(=O)[C@@](OC)(c2ccccc2)C(F)(F)F)cc1. The molecule has 0 bridgehead atoms. The summed E-state index contributed by atoms with van der Waals surface area (Å²) in [5.41, 5.74) is -2.57. The smallest absolute Gasteiger partial charge is 0.432 e. The number of carbonyl (C=O) groups is 2. The Morgan fingerprint density at radius 2 is 1.68 bits per heavy atom. The van der Waals surface area contributed by atoms with Gasteiger partial charge in [0, 0.05) is 12.7 Å². The van der Waals surface area contributed by atoms with Crippen LogP contribution in [0, 0.1) is 5.92 Å². The van der Waals surface area contributed by atoms with Gasteiger partial charge in [0.2, 0.25) is 0 Å². The summed E-state index contributed by atoms with van der Waals surface area (Å²) in [6, 6.07) is 14.2. The van der Waals surface area contributed by atoms with Gasteiger partial charge in [-0.1, -0.05) is 48.9 Å². The van der Waals surface area contributed by atoms with E-state index in [1.54, 1.807) is 25.1 Å². The number of hydrogen-bond acceptors (Lipinski definition) is 6. The minimum absolute atomic E-state index is 0.133. The number of alkyl halides is 3. The highest BCUT2D eigenvalue weighted by molar-refractivity contribution is 5.83. The maximum absolute atomic E-state index is 14.3. The normalized spacial score (nSPS) is 19.2. The van der Waals surface area contributed by atoms with Crippen molar-refractivity contribution in [3.05, 3.63) is 65.7 Å². The lowest BCUT2D eigenvalue weighted by Crippen LogP contribution is -2.53. The molecule has 7 nitrogen and oxygen atoms in total. The second-order valence-corrected chi connectivity index (χ2v) is 9.08. The highest BCUT2D eigenvalue weighted by Crippen LogP contribution is 2.44. The molecule has 10 heteroatoms. The summed E-state index contributed by atoms with van der Waals surface area (Å²) in [6.45, 7) is 2.56. The molecule has 1 saturated carbocycles. The summed E-state index contributed by atoms with van der Waals surface area (Å²) >= 11 is 0. The molecule has 0 aromatic heterocycles. The predicted molar refractivity (Wildman–Crippen MR) is 134 cm³/mol. The Balaban J connectivity index is 1.64. The lowest BCUT2D eigenvalue weighted by molar-refractivity contribution is -0.279. The third kappa shape index (κ3) is 7.18. The fourth-order valence-electron chi connectivity index (χ4n) is 4.70. The molecule has 2 aromatic carbocycles. The number of nitrogens with one attached hydrogen (secondary N) is 1. The van der Waals surface area contributed by atoms with Crippen LogP contribution in [0.3, 0.4) is 0 Å². The van der Waals surface area contributed by atoms with E-state index in [0.29, 0.717) is 25.1 Å². The third-order valence-corrected chi connectivity index (χ3v) is 6.61. The Kier molecular flexibility index (Phi) is 10.4. The quantitative estimate of drug-likeness (QED) is 0.299. The molecule has 0 aliphatic heterocycles. The largest absolute Gasteiger partial charge is 0.492 e. The minimum Gasteiger partial charge on any atom is -0.492 e. The fourth-order valence-corrected chi connectivity index (χ4v) is 4.70. The average molecular weight is 538 g/mol. The first-order valence-corrected chi connectivity index (χ1v) is 12.7. The number of alkyl carbamates (subject to hydrolysis) is 1. The number of ether oxygens (including phenoxy) is 4. The number of amides is 1. The van der Waals surface area contributed by atoms with Gasteiger partial charge in [-0.2, -0.15) is 13.2 Å². The van der Waals surface area contributed by atoms with Crippen molar-refractivity contribution < 1.29 is 41.7 Å². The summed E-state index contributed by atoms with van der Waals surface area (Å²) in [5.74, 6) is -0.966. The van der Waals surface area contributed by atoms with Crippen molar-refractivity contribution in [3.63, 3.8) is 0 Å². The van der Waals surface area contributed by atoms with Crippen LogP contribution < -0.4 is 10.1 Å². The van der Waals surface area contributed by atoms with Crippen molar-refractivity contribution in [2.45, 2.75) is 56.9 Å². The Labute approximate surface area is 220 Å². The summed E-state index contributed by atoms with van der Waals surface area (Å²) in [6.07, 6.45) is -2.76. The first kappa shape index (κ1) is 29.3. The van der Waals surface area contributed by atoms with Crippen LogP contribution in [-0.2, 0) is 31.0 Å². The van der Waals surface area contributed by atoms with Crippen LogP contribution >= 0.6 is 0 Å². The summed E-state index contributed by atoms with van der Waals surface area (Å²) in [7, 11) is 0.872. The van der Waals surface area contributed by atoms with E-state index in [1.165, 1.54) is 24.3 Å². The van der Waals surface area contributed by atoms with Crippen LogP contribution in [0.2, 0.25) is 0 Å². The van der Waals surface area contributed by atoms with Gasteiger partial charge in [-0.25, -0.2) is 9.59 Å². The zero-order valence-electron chi connectivity index (χ0n) is 21.6. The molecule has 3 atom stereocenters. The summed E-state index contributed by atoms with van der Waals surface area (Å²) in [4.78, 5) is 24.4. The van der Waals surface area contributed by atoms with Crippen LogP contribution in [0.4, 0.5) is 18.0 Å². The van der Waals surface area contributed by atoms with Gasteiger partial charge in [0.15, 0.2) is 0 Å². The van der Waals surface area contributed by atoms with Crippen LogP contribution in [0.1, 0.15) is 43.7 Å². The lowest BCUT2D eigenvalue weighted by atomic mass is 9.82. The van der Waals surface area contributed by atoms with E-state index in [9.17, 15) is 22.8 Å². The Bertz CT molecular complexity index is 1030. The minimum atomic E-state index is -5.01. The predicted octanol–water partition coefficient (Wildman–Crippen LogP) is 5.56. The van der Waals surface area contributed by atoms with Crippen molar-refractivity contribution in [1.82, 2.24) is 5.32 Å². The molecular formula is C28H34F3NO6. The number of hydrogen-bond donors (Lipinski definition) is 1. The first-order valence-electron chi connectivity index (χ1n) is 12.7. The number of carbonyl (C=O) groups excluding carboxylic acids is 2. The number of esters is 1. The molecule has 0 unspecified atom stereocenters. The van der Waals surface area contributed by atoms with E-state index in [0.717, 1.165) is 31.9 Å². The molecule has 2 aromatic rings. The molecule has 38 heavy (non-hydrogen) atoms. The number of methoxy groups -OCH3 is 1. The van der Waals surface area contributed by atoms with Gasteiger partial charge in [-0.15, -0.1) is 0 Å². The van der Waals surface area contributed by atoms with Crippen molar-refractivity contribution in [2.24, 2.45) is 5.92 Å². The number of rotatable bonds is 11. The second kappa shape index (κ2) is 13.5. The van der Waals surface area contributed by atoms with E-state index in [2.05, 4.69) is 5.32 Å². The molecule has 3 rings (SSSR count). The van der Waals surface area contributed by atoms with Crippen LogP contribution in [0.25, 0.3) is 0 Å². The summed E-state index contributed by atoms with van der Waals surface area (Å²) in [5, 5.41) is 2.57. The van der Waals surface area contributed by atoms with Crippen molar-refractivity contribution in [2.75, 3.05) is 26.9 Å². The molecule has 208 valence electrons. The van der Waals surface area contributed by atoms with E-state index < -0.39 is 29.9 Å². The van der Waals surface area contributed by atoms with Gasteiger partial charge in [0.25, 0.3) is 5.60 Å². The van der Waals surface area contributed by atoms with Gasteiger partial charge >= 0.3 is 18.2 Å². The van der Waals surface area contributed by atoms with E-state index in [-0.39, 0.29) is 24.7 Å². The van der Waals surface area contributed by atoms with E-state index in [4.69, 9.17) is 18.9 Å². The molecule has 0 heterocycles. The maximum atomic E-state index is 14.3. The number of benzene rings is 2. The van der Waals surface area contributed by atoms with E-state index in [1.807, 2.05) is 12.1 Å². The van der Waals surface area contributed by atoms with Gasteiger partial charge in [-0.05, 0) is 56.2 Å². The molecule has 1 N–H and O–H groups in total. The molecule has 0 saturated heterocycles. The highest BCUT2D eigenvalue weighted by Gasteiger charge is 2.64. The Hall–Kier alpha value is -3.27. The van der Waals surface area contributed by atoms with E-state index >= 15 is 0 Å². The molecule has 0 spiro atoms. The van der Waals surface area contributed by atoms with Crippen molar-refractivity contribution >= 4 is 12.1 Å². The Morgan fingerprint density at radius 1 is 1.00 bits per heavy atom. The standard InChI is InChI=1S/C28H34F3NO6/c1-3-36-26(34)32-17-18-37-23-15-13-20(14-16-23)19-21-9-7-8-12-24(21)38-25(33)27(35-2,28(29,30)31)22-10-5-4-6-11-22/h4-6,10-11,13-16,21,24H,3,7-9,12,17-19H2,1-2H3,(H,32,34)/t21-,24-,27-/m0/s1. The van der Waals surface area contributed by atoms with Gasteiger partial charge in [0.05, 0.1) is 13.2 Å². The van der Waals surface area contributed by atoms with Gasteiger partial charge < -0.3 is 24.3 Å². The molecule has 1 aliphatic rings. The first-order chi connectivity index (χ1) is 18.2. The third-order valence-electron chi connectivity index (χ3n) is 6.61. The monoisotopic (exact) mass is 537 g/mol. The number of halogens is 3. The molecule has 1 aliphatic carbocycles. The van der Waals surface area contributed by atoms with Gasteiger partial charge in [0.1, 0.15) is 18.5 Å². The Morgan fingerprint density at radius 3 is 2.32 bits per heavy atom. The molecule has 1 fully saturated rings. The van der Waals surface area contributed by atoms with Crippen LogP contribution in [0.15, 0.2) is 54.6 Å². The van der Waals surface area contributed by atoms with Crippen LogP contribution in [-0.4, -0.2) is 51.2 Å². The topological polar surface area (TPSA) is 83.1 Å². The summed E-state index contributed by atoms with van der Waals surface area (Å²) < 4.78 is 63.7. The molecule has 0 radical (unpaired) electrons. The highest BCUT2D eigenvalue weighted by atomic mass is 19.4. The second-order valence-electron chi connectivity index (χ2n) is 9.08. The molecule has 1 amide bonds. The lowest BCUT2D eigenvalue weighted by Gasteiger charge is -2.37. The fraction of sp³-hybridized carbons (Fsp3) is 0.500. The van der Waals surface area contributed by atoms with Crippen molar-refractivity contribution in [3.8, 4) is 5.75 Å². The van der Waals surface area contributed by atoms with Crippen molar-refractivity contribution in [1.29, 1.82) is 0 Å². The van der Waals surface area contributed by atoms with Crippen LogP contribution in [0.5, 0.6) is 5.75 Å².